The maximum absolute atomic E-state index is 6.81. The molecule has 0 N–H and O–H groups in total. The van der Waals surface area contributed by atoms with Crippen molar-refractivity contribution in [2.24, 2.45) is 5.41 Å². The van der Waals surface area contributed by atoms with Crippen molar-refractivity contribution in [3.63, 3.8) is 0 Å². The molecule has 8 rings (SSSR count). The molecule has 0 atom stereocenters. The van der Waals surface area contributed by atoms with Gasteiger partial charge in [0, 0.05) is 34.5 Å². The molecule has 3 heterocycles. The Hall–Kier alpha value is -3.36. The summed E-state index contributed by atoms with van der Waals surface area (Å²) in [5.74, 6) is 3.28. The Morgan fingerprint density at radius 3 is 2.46 bits per heavy atom. The monoisotopic (exact) mass is 575 g/mol. The number of nitrogens with zero attached hydrogens (tertiary/aromatic N) is 3. The zero-order chi connectivity index (χ0) is 28.0. The summed E-state index contributed by atoms with van der Waals surface area (Å²) in [6.45, 7) is 1.09. The van der Waals surface area contributed by atoms with E-state index in [0.717, 1.165) is 79.3 Å². The van der Waals surface area contributed by atoms with E-state index in [4.69, 9.17) is 40.1 Å². The predicted octanol–water partition coefficient (Wildman–Crippen LogP) is 7.52. The van der Waals surface area contributed by atoms with Crippen LogP contribution in [0.5, 0.6) is 17.4 Å². The number of rotatable bonds is 10. The van der Waals surface area contributed by atoms with E-state index in [1.807, 2.05) is 30.3 Å². The second-order valence-corrected chi connectivity index (χ2v) is 12.2. The molecule has 4 aromatic rings. The Morgan fingerprint density at radius 2 is 1.73 bits per heavy atom. The Labute approximate surface area is 244 Å². The molecule has 4 saturated carbocycles. The first-order valence-corrected chi connectivity index (χ1v) is 14.8. The van der Waals surface area contributed by atoms with Crippen molar-refractivity contribution >= 4 is 22.5 Å². The van der Waals surface area contributed by atoms with Crippen LogP contribution in [0.1, 0.15) is 68.6 Å². The Balaban J connectivity index is 1.05. The maximum atomic E-state index is 6.81. The first-order valence-electron chi connectivity index (χ1n) is 14.4. The van der Waals surface area contributed by atoms with Crippen LogP contribution in [0, 0.1) is 5.41 Å². The first-order chi connectivity index (χ1) is 20.0. The SMILES string of the molecule is COc1cncc(Cl)c1-c1noc(C2CC2)c1COC12CCC(COc3cc(OC)c4ccccc4n3)(CC1)CC2. The number of hydrogen-bond donors (Lipinski definition) is 0. The van der Waals surface area contributed by atoms with Crippen molar-refractivity contribution in [3.05, 3.63) is 59.1 Å². The topological polar surface area (TPSA) is 88.7 Å². The average molecular weight is 576 g/mol. The second-order valence-electron chi connectivity index (χ2n) is 11.8. The number of pyridine rings is 2. The molecule has 2 bridgehead atoms. The van der Waals surface area contributed by atoms with Gasteiger partial charge in [-0.2, -0.15) is 0 Å². The van der Waals surface area contributed by atoms with Crippen molar-refractivity contribution in [2.75, 3.05) is 20.8 Å². The lowest BCUT2D eigenvalue weighted by Crippen LogP contribution is -2.49. The van der Waals surface area contributed by atoms with Crippen LogP contribution in [-0.4, -0.2) is 41.6 Å². The summed E-state index contributed by atoms with van der Waals surface area (Å²) in [6.07, 6.45) is 11.7. The van der Waals surface area contributed by atoms with Crippen LogP contribution in [-0.2, 0) is 11.3 Å². The predicted molar refractivity (Wildman–Crippen MR) is 155 cm³/mol. The smallest absolute Gasteiger partial charge is 0.217 e. The van der Waals surface area contributed by atoms with Crippen LogP contribution in [0.3, 0.4) is 0 Å². The highest BCUT2D eigenvalue weighted by atomic mass is 35.5. The van der Waals surface area contributed by atoms with Crippen LogP contribution in [0.25, 0.3) is 22.2 Å². The van der Waals surface area contributed by atoms with Gasteiger partial charge in [-0.1, -0.05) is 28.9 Å². The third-order valence-electron chi connectivity index (χ3n) is 9.34. The van der Waals surface area contributed by atoms with Gasteiger partial charge in [0.25, 0.3) is 0 Å². The molecule has 8 nitrogen and oxygen atoms in total. The van der Waals surface area contributed by atoms with E-state index in [1.54, 1.807) is 26.6 Å². The average Bonchev–Trinajstić information content (AvgIpc) is 3.78. The van der Waals surface area contributed by atoms with E-state index < -0.39 is 0 Å². The number of fused-ring (bicyclic) bond motifs is 4. The van der Waals surface area contributed by atoms with Crippen LogP contribution < -0.4 is 14.2 Å². The number of benzene rings is 1. The Morgan fingerprint density at radius 1 is 0.976 bits per heavy atom. The molecule has 0 unspecified atom stereocenters. The molecule has 4 aliphatic carbocycles. The number of methoxy groups -OCH3 is 2. The van der Waals surface area contributed by atoms with Crippen molar-refractivity contribution in [1.82, 2.24) is 15.1 Å². The van der Waals surface area contributed by atoms with Gasteiger partial charge in [0.15, 0.2) is 0 Å². The van der Waals surface area contributed by atoms with E-state index in [-0.39, 0.29) is 11.0 Å². The van der Waals surface area contributed by atoms with Gasteiger partial charge in [0.05, 0.1) is 55.3 Å². The van der Waals surface area contributed by atoms with Gasteiger partial charge in [-0.3, -0.25) is 4.98 Å². The summed E-state index contributed by atoms with van der Waals surface area (Å²) in [5.41, 5.74) is 3.26. The molecule has 0 radical (unpaired) electrons. The molecule has 0 spiro atoms. The lowest BCUT2D eigenvalue weighted by molar-refractivity contribution is -0.150. The van der Waals surface area contributed by atoms with Gasteiger partial charge in [-0.25, -0.2) is 4.98 Å². The third-order valence-corrected chi connectivity index (χ3v) is 9.63. The highest BCUT2D eigenvalue weighted by Gasteiger charge is 2.50. The highest BCUT2D eigenvalue weighted by molar-refractivity contribution is 6.33. The fraction of sp³-hybridized carbons (Fsp3) is 0.469. The fourth-order valence-corrected chi connectivity index (χ4v) is 6.84. The van der Waals surface area contributed by atoms with Gasteiger partial charge >= 0.3 is 0 Å². The van der Waals surface area contributed by atoms with Crippen molar-refractivity contribution in [2.45, 2.75) is 69.5 Å². The summed E-state index contributed by atoms with van der Waals surface area (Å²) in [5, 5.41) is 5.93. The zero-order valence-electron chi connectivity index (χ0n) is 23.5. The van der Waals surface area contributed by atoms with E-state index in [2.05, 4.69) is 10.1 Å². The van der Waals surface area contributed by atoms with E-state index in [0.29, 0.717) is 47.0 Å². The Bertz CT molecular complexity index is 1560. The quantitative estimate of drug-likeness (QED) is 0.192. The molecule has 214 valence electrons. The number of ether oxygens (including phenoxy) is 4. The zero-order valence-corrected chi connectivity index (χ0v) is 24.2. The number of para-hydroxylation sites is 1. The summed E-state index contributed by atoms with van der Waals surface area (Å²) in [7, 11) is 3.30. The molecular weight excluding hydrogens is 542 g/mol. The molecule has 41 heavy (non-hydrogen) atoms. The van der Waals surface area contributed by atoms with Gasteiger partial charge in [0.2, 0.25) is 5.88 Å². The lowest BCUT2D eigenvalue weighted by Gasteiger charge is -2.52. The minimum atomic E-state index is -0.145. The summed E-state index contributed by atoms with van der Waals surface area (Å²) >= 11 is 6.58. The minimum Gasteiger partial charge on any atom is -0.496 e. The molecule has 4 aliphatic rings. The molecule has 3 aromatic heterocycles. The van der Waals surface area contributed by atoms with Gasteiger partial charge in [-0.15, -0.1) is 0 Å². The van der Waals surface area contributed by atoms with Crippen molar-refractivity contribution < 1.29 is 23.5 Å². The van der Waals surface area contributed by atoms with Crippen LogP contribution in [0.2, 0.25) is 5.02 Å². The van der Waals surface area contributed by atoms with E-state index in [9.17, 15) is 0 Å². The molecule has 0 aliphatic heterocycles. The van der Waals surface area contributed by atoms with Crippen molar-refractivity contribution in [3.8, 4) is 28.6 Å². The first kappa shape index (κ1) is 26.5. The molecule has 0 amide bonds. The molecular formula is C32H34ClN3O5. The standard InChI is InChI=1S/C32H34ClN3O5/c1-37-25-15-27(35-24-6-4-3-5-21(24)25)39-19-31-9-12-32(13-10-31,14-11-31)40-18-22-29(36-41-30(22)20-7-8-20)28-23(33)16-34-17-26(28)38-2/h3-6,15-17,20H,7-14,18-19H2,1-2H3. The van der Waals surface area contributed by atoms with Gasteiger partial charge in [-0.05, 0) is 63.5 Å². The number of halogens is 1. The molecule has 4 fully saturated rings. The highest BCUT2D eigenvalue weighted by Crippen LogP contribution is 2.55. The third kappa shape index (κ3) is 4.91. The minimum absolute atomic E-state index is 0.144. The summed E-state index contributed by atoms with van der Waals surface area (Å²) in [4.78, 5) is 8.90. The molecule has 0 saturated heterocycles. The van der Waals surface area contributed by atoms with Crippen LogP contribution in [0.4, 0.5) is 0 Å². The summed E-state index contributed by atoms with van der Waals surface area (Å²) in [6, 6.07) is 9.88. The largest absolute Gasteiger partial charge is 0.496 e. The normalized spacial score (nSPS) is 23.6. The lowest BCUT2D eigenvalue weighted by atomic mass is 9.59. The molecule has 9 heteroatoms. The summed E-state index contributed by atoms with van der Waals surface area (Å²) < 4.78 is 30.2. The van der Waals surface area contributed by atoms with E-state index >= 15 is 0 Å². The van der Waals surface area contributed by atoms with Crippen molar-refractivity contribution in [1.29, 1.82) is 0 Å². The second kappa shape index (κ2) is 10.5. The Kier molecular flexibility index (Phi) is 6.78. The molecule has 1 aromatic carbocycles. The number of aromatic nitrogens is 3. The van der Waals surface area contributed by atoms with Crippen LogP contribution >= 0.6 is 11.6 Å². The van der Waals surface area contributed by atoms with Gasteiger partial charge in [0.1, 0.15) is 23.0 Å². The van der Waals surface area contributed by atoms with Gasteiger partial charge < -0.3 is 23.5 Å². The van der Waals surface area contributed by atoms with Crippen LogP contribution in [0.15, 0.2) is 47.2 Å². The fourth-order valence-electron chi connectivity index (χ4n) is 6.60. The maximum Gasteiger partial charge on any atom is 0.217 e. The number of hydrogen-bond acceptors (Lipinski definition) is 8. The van der Waals surface area contributed by atoms with E-state index in [1.165, 1.54) is 0 Å².